The molecule has 0 aliphatic carbocycles. The first-order valence-electron chi connectivity index (χ1n) is 6.72. The Morgan fingerprint density at radius 3 is 1.12 bits per heavy atom. The summed E-state index contributed by atoms with van der Waals surface area (Å²) in [5.41, 5.74) is 0. The lowest BCUT2D eigenvalue weighted by Gasteiger charge is -2.14. The maximum absolute atomic E-state index is 11.9. The van der Waals surface area contributed by atoms with Gasteiger partial charge in [-0.25, -0.2) is 9.59 Å². The minimum Gasteiger partial charge on any atom is -0.479 e. The van der Waals surface area contributed by atoms with E-state index in [4.69, 9.17) is 10.2 Å². The van der Waals surface area contributed by atoms with E-state index in [0.717, 1.165) is 0 Å². The highest BCUT2D eigenvalue weighted by Crippen LogP contribution is 2.33. The third-order valence-electron chi connectivity index (χ3n) is 3.32. The molecule has 0 aromatic heterocycles. The highest BCUT2D eigenvalue weighted by Gasteiger charge is 2.48. The van der Waals surface area contributed by atoms with Crippen molar-refractivity contribution in [2.24, 2.45) is 0 Å². The molecule has 0 aromatic rings. The van der Waals surface area contributed by atoms with Gasteiger partial charge in [-0.1, -0.05) is 0 Å². The van der Waals surface area contributed by atoms with Gasteiger partial charge in [0.1, 0.15) is 0 Å². The van der Waals surface area contributed by atoms with Gasteiger partial charge in [0, 0.05) is 0 Å². The molecule has 2 rings (SSSR count). The van der Waals surface area contributed by atoms with Gasteiger partial charge in [-0.05, 0) is 25.7 Å². The second-order valence-electron chi connectivity index (χ2n) is 5.14. The topological polar surface area (TPSA) is 93.1 Å². The van der Waals surface area contributed by atoms with E-state index in [9.17, 15) is 35.9 Å². The second kappa shape index (κ2) is 7.55. The summed E-state index contributed by atoms with van der Waals surface area (Å²) in [6.45, 7) is 0. The van der Waals surface area contributed by atoms with Crippen LogP contribution >= 0.6 is 0 Å². The van der Waals surface area contributed by atoms with E-state index in [2.05, 4.69) is 9.47 Å². The van der Waals surface area contributed by atoms with Crippen LogP contribution in [-0.4, -0.2) is 58.9 Å². The minimum absolute atomic E-state index is 0.0699. The zero-order valence-electron chi connectivity index (χ0n) is 11.9. The highest BCUT2D eigenvalue weighted by atomic mass is 19.4. The van der Waals surface area contributed by atoms with Crippen LogP contribution in [0.25, 0.3) is 0 Å². The maximum atomic E-state index is 11.9. The van der Waals surface area contributed by atoms with Crippen molar-refractivity contribution in [2.45, 2.75) is 62.5 Å². The molecule has 2 fully saturated rings. The number of aliphatic carboxylic acids is 2. The Morgan fingerprint density at radius 1 is 0.708 bits per heavy atom. The van der Waals surface area contributed by atoms with E-state index in [0.29, 0.717) is 0 Å². The Balaban J connectivity index is 0.000000240. The molecule has 0 radical (unpaired) electrons. The number of carboxylic acids is 2. The van der Waals surface area contributed by atoms with Gasteiger partial charge >= 0.3 is 24.3 Å². The van der Waals surface area contributed by atoms with Crippen molar-refractivity contribution in [3.8, 4) is 0 Å². The average molecular weight is 368 g/mol. The monoisotopic (exact) mass is 368 g/mol. The standard InChI is InChI=1S/2C6H7F3O3/c2*7-6(8,9)4-2-1-3(12-4)5(10)11/h2*3-4H,1-2H2,(H,10,11)/t2*3-,4+/m10/s1. The fourth-order valence-corrected chi connectivity index (χ4v) is 2.12. The van der Waals surface area contributed by atoms with Gasteiger partial charge in [0.2, 0.25) is 0 Å². The first-order valence-corrected chi connectivity index (χ1v) is 6.72. The van der Waals surface area contributed by atoms with E-state index in [1.54, 1.807) is 0 Å². The van der Waals surface area contributed by atoms with Gasteiger partial charge in [0.25, 0.3) is 0 Å². The van der Waals surface area contributed by atoms with E-state index >= 15 is 0 Å². The molecule has 0 spiro atoms. The van der Waals surface area contributed by atoms with Crippen LogP contribution in [0.5, 0.6) is 0 Å². The van der Waals surface area contributed by atoms with Crippen LogP contribution < -0.4 is 0 Å². The van der Waals surface area contributed by atoms with Crippen molar-refractivity contribution in [3.05, 3.63) is 0 Å². The minimum atomic E-state index is -4.44. The average Bonchev–Trinajstić information content (AvgIpc) is 3.08. The third-order valence-corrected chi connectivity index (χ3v) is 3.32. The molecule has 0 bridgehead atoms. The molecule has 0 unspecified atom stereocenters. The molecule has 0 amide bonds. The van der Waals surface area contributed by atoms with Crippen LogP contribution in [0.15, 0.2) is 0 Å². The van der Waals surface area contributed by atoms with Crippen molar-refractivity contribution in [1.29, 1.82) is 0 Å². The Hall–Kier alpha value is -1.56. The summed E-state index contributed by atoms with van der Waals surface area (Å²) in [6, 6.07) is 0. The number of carbonyl (C=O) groups is 2. The molecule has 24 heavy (non-hydrogen) atoms. The predicted molar refractivity (Wildman–Crippen MR) is 63.2 cm³/mol. The molecule has 0 aromatic carbocycles. The molecule has 6 nitrogen and oxygen atoms in total. The van der Waals surface area contributed by atoms with Gasteiger partial charge in [0.05, 0.1) is 0 Å². The Labute approximate surface area is 131 Å². The van der Waals surface area contributed by atoms with E-state index in [1.807, 2.05) is 0 Å². The van der Waals surface area contributed by atoms with Crippen LogP contribution in [0.1, 0.15) is 25.7 Å². The Bertz CT molecular complexity index is 420. The number of carboxylic acid groups (broad SMARTS) is 2. The number of alkyl halides is 6. The number of hydrogen-bond donors (Lipinski definition) is 2. The quantitative estimate of drug-likeness (QED) is 0.727. The molecule has 2 aliphatic rings. The smallest absolute Gasteiger partial charge is 0.414 e. The van der Waals surface area contributed by atoms with Gasteiger partial charge in [0.15, 0.2) is 24.4 Å². The van der Waals surface area contributed by atoms with Crippen LogP contribution in [0.2, 0.25) is 0 Å². The lowest BCUT2D eigenvalue weighted by atomic mass is 10.2. The molecule has 2 saturated heterocycles. The maximum Gasteiger partial charge on any atom is 0.414 e. The second-order valence-corrected chi connectivity index (χ2v) is 5.14. The fraction of sp³-hybridized carbons (Fsp3) is 0.833. The first-order chi connectivity index (χ1) is 10.8. The van der Waals surface area contributed by atoms with E-state index in [-0.39, 0.29) is 25.7 Å². The zero-order chi connectivity index (χ0) is 18.7. The predicted octanol–water partition coefficient (Wildman–Crippen LogP) is 2.36. The van der Waals surface area contributed by atoms with Gasteiger partial charge < -0.3 is 19.7 Å². The molecule has 0 saturated carbocycles. The third kappa shape index (κ3) is 5.82. The normalized spacial score (nSPS) is 30.6. The fourth-order valence-electron chi connectivity index (χ4n) is 2.12. The lowest BCUT2D eigenvalue weighted by Crippen LogP contribution is -2.30. The first kappa shape index (κ1) is 20.5. The van der Waals surface area contributed by atoms with E-state index in [1.165, 1.54) is 0 Å². The van der Waals surface area contributed by atoms with E-state index < -0.39 is 48.7 Å². The summed E-state index contributed by atoms with van der Waals surface area (Å²) in [5, 5.41) is 16.6. The molecule has 4 atom stereocenters. The van der Waals surface area contributed by atoms with Crippen LogP contribution in [0.3, 0.4) is 0 Å². The Kier molecular flexibility index (Phi) is 6.45. The van der Waals surface area contributed by atoms with Gasteiger partial charge in [-0.2, -0.15) is 26.3 Å². The summed E-state index contributed by atoms with van der Waals surface area (Å²) in [6.07, 6.45) is -15.9. The molecular weight excluding hydrogens is 354 g/mol. The summed E-state index contributed by atoms with van der Waals surface area (Å²) >= 11 is 0. The summed E-state index contributed by atoms with van der Waals surface area (Å²) in [4.78, 5) is 20.4. The van der Waals surface area contributed by atoms with Crippen LogP contribution in [-0.2, 0) is 19.1 Å². The summed E-state index contributed by atoms with van der Waals surface area (Å²) in [7, 11) is 0. The summed E-state index contributed by atoms with van der Waals surface area (Å²) < 4.78 is 79.8. The van der Waals surface area contributed by atoms with Crippen molar-refractivity contribution in [2.75, 3.05) is 0 Å². The number of ether oxygens (including phenoxy) is 2. The molecule has 2 heterocycles. The van der Waals surface area contributed by atoms with Crippen LogP contribution in [0, 0.1) is 0 Å². The number of rotatable bonds is 2. The Morgan fingerprint density at radius 2 is 1.00 bits per heavy atom. The highest BCUT2D eigenvalue weighted by molar-refractivity contribution is 5.72. The largest absolute Gasteiger partial charge is 0.479 e. The lowest BCUT2D eigenvalue weighted by molar-refractivity contribution is -0.217. The molecule has 12 heteroatoms. The number of halogens is 6. The van der Waals surface area contributed by atoms with Crippen molar-refractivity contribution in [1.82, 2.24) is 0 Å². The molecular formula is C12H14F6O6. The molecule has 2 N–H and O–H groups in total. The number of hydrogen-bond acceptors (Lipinski definition) is 4. The van der Waals surface area contributed by atoms with Crippen LogP contribution in [0.4, 0.5) is 26.3 Å². The summed E-state index contributed by atoms with van der Waals surface area (Å²) in [5.74, 6) is -2.66. The molecule has 2 aliphatic heterocycles. The van der Waals surface area contributed by atoms with Gasteiger partial charge in [-0.3, -0.25) is 0 Å². The van der Waals surface area contributed by atoms with Crippen molar-refractivity contribution in [3.63, 3.8) is 0 Å². The molecule has 140 valence electrons. The SMILES string of the molecule is O=C(O)[C@@H]1CC[C@H](C(F)(F)F)O1.O=C(O)[C@H]1CC[C@@H](C(F)(F)F)O1. The van der Waals surface area contributed by atoms with Gasteiger partial charge in [-0.15, -0.1) is 0 Å². The van der Waals surface area contributed by atoms with Crippen molar-refractivity contribution < 1.29 is 55.6 Å². The van der Waals surface area contributed by atoms with Crippen molar-refractivity contribution >= 4 is 11.9 Å². The zero-order valence-corrected chi connectivity index (χ0v) is 11.9.